The highest BCUT2D eigenvalue weighted by Crippen LogP contribution is 2.32. The van der Waals surface area contributed by atoms with Crippen molar-refractivity contribution in [3.8, 4) is 5.75 Å². The van der Waals surface area contributed by atoms with E-state index < -0.39 is 11.7 Å². The minimum atomic E-state index is -4.38. The van der Waals surface area contributed by atoms with Crippen LogP contribution in [0, 0.1) is 0 Å². The normalized spacial score (nSPS) is 15.0. The Labute approximate surface area is 165 Å². The van der Waals surface area contributed by atoms with Gasteiger partial charge in [0.1, 0.15) is 0 Å². The van der Waals surface area contributed by atoms with E-state index in [1.807, 2.05) is 17.0 Å². The zero-order chi connectivity index (χ0) is 20.6. The number of methoxy groups -OCH3 is 1. The molecule has 1 aliphatic heterocycles. The van der Waals surface area contributed by atoms with Gasteiger partial charge in [0.2, 0.25) is 0 Å². The molecule has 1 aliphatic rings. The number of anilines is 1. The lowest BCUT2D eigenvalue weighted by Crippen LogP contribution is -2.48. The molecule has 2 heterocycles. The summed E-state index contributed by atoms with van der Waals surface area (Å²) in [6.07, 6.45) is -4.38. The number of halogens is 3. The highest BCUT2D eigenvalue weighted by atomic mass is 19.4. The molecule has 29 heavy (non-hydrogen) atoms. The van der Waals surface area contributed by atoms with E-state index in [0.29, 0.717) is 43.2 Å². The van der Waals surface area contributed by atoms with E-state index in [1.165, 1.54) is 13.2 Å². The summed E-state index contributed by atoms with van der Waals surface area (Å²) in [5.41, 5.74) is 0.339. The second-order valence-corrected chi connectivity index (χ2v) is 6.82. The molecule has 0 spiro atoms. The molecule has 0 saturated carbocycles. The predicted molar refractivity (Wildman–Crippen MR) is 102 cm³/mol. The van der Waals surface area contributed by atoms with Crippen LogP contribution >= 0.6 is 0 Å². The third-order valence-corrected chi connectivity index (χ3v) is 5.04. The number of benzene rings is 2. The van der Waals surface area contributed by atoms with Crippen LogP contribution in [0.4, 0.5) is 18.9 Å². The summed E-state index contributed by atoms with van der Waals surface area (Å²) >= 11 is 0. The fraction of sp³-hybridized carbons (Fsp3) is 0.286. The van der Waals surface area contributed by atoms with Gasteiger partial charge in [-0.15, -0.1) is 0 Å². The van der Waals surface area contributed by atoms with Crippen molar-refractivity contribution in [3.63, 3.8) is 0 Å². The standard InChI is InChI=1S/C21H19F3N2O3/c1-28-17-7-2-4-14-12-18(29-19(14)17)20(27)26-10-8-25(9-11-26)16-6-3-5-15(13-16)21(22,23)24/h2-7,12-13H,8-11H2,1H3. The number of piperazine rings is 1. The van der Waals surface area contributed by atoms with E-state index in [9.17, 15) is 18.0 Å². The maximum atomic E-state index is 12.9. The number of para-hydroxylation sites is 1. The fourth-order valence-corrected chi connectivity index (χ4v) is 3.50. The molecular weight excluding hydrogens is 385 g/mol. The zero-order valence-corrected chi connectivity index (χ0v) is 15.7. The van der Waals surface area contributed by atoms with Crippen molar-refractivity contribution in [1.29, 1.82) is 0 Å². The first kappa shape index (κ1) is 19.2. The van der Waals surface area contributed by atoms with Crippen LogP contribution in [0.1, 0.15) is 16.1 Å². The Morgan fingerprint density at radius 2 is 1.76 bits per heavy atom. The number of ether oxygens (including phenoxy) is 1. The molecule has 4 rings (SSSR count). The van der Waals surface area contributed by atoms with Crippen LogP contribution in [0.5, 0.6) is 5.75 Å². The third kappa shape index (κ3) is 3.74. The van der Waals surface area contributed by atoms with Crippen molar-refractivity contribution in [3.05, 3.63) is 59.9 Å². The Morgan fingerprint density at radius 3 is 2.45 bits per heavy atom. The average Bonchev–Trinajstić information content (AvgIpc) is 3.17. The average molecular weight is 404 g/mol. The Morgan fingerprint density at radius 1 is 1.03 bits per heavy atom. The monoisotopic (exact) mass is 404 g/mol. The molecule has 1 fully saturated rings. The largest absolute Gasteiger partial charge is 0.493 e. The Bertz CT molecular complexity index is 1040. The van der Waals surface area contributed by atoms with Crippen molar-refractivity contribution in [2.75, 3.05) is 38.2 Å². The Balaban J connectivity index is 1.47. The molecule has 0 unspecified atom stereocenters. The van der Waals surface area contributed by atoms with Crippen LogP contribution in [-0.2, 0) is 6.18 Å². The molecule has 1 amide bonds. The number of carbonyl (C=O) groups excluding carboxylic acids is 1. The second kappa shape index (κ2) is 7.35. The van der Waals surface area contributed by atoms with Crippen LogP contribution in [-0.4, -0.2) is 44.1 Å². The SMILES string of the molecule is COc1cccc2cc(C(=O)N3CCN(c4cccc(C(F)(F)F)c4)CC3)oc12. The van der Waals surface area contributed by atoms with Gasteiger partial charge >= 0.3 is 6.18 Å². The first-order valence-electron chi connectivity index (χ1n) is 9.15. The highest BCUT2D eigenvalue weighted by Gasteiger charge is 2.31. The van der Waals surface area contributed by atoms with E-state index in [-0.39, 0.29) is 11.7 Å². The summed E-state index contributed by atoms with van der Waals surface area (Å²) in [5, 5.41) is 0.773. The quantitative estimate of drug-likeness (QED) is 0.648. The number of nitrogens with zero attached hydrogens (tertiary/aromatic N) is 2. The summed E-state index contributed by atoms with van der Waals surface area (Å²) in [4.78, 5) is 16.3. The van der Waals surface area contributed by atoms with Gasteiger partial charge in [0.05, 0.1) is 12.7 Å². The fourth-order valence-electron chi connectivity index (χ4n) is 3.50. The molecule has 2 aromatic carbocycles. The van der Waals surface area contributed by atoms with Crippen LogP contribution < -0.4 is 9.64 Å². The minimum absolute atomic E-state index is 0.219. The maximum absolute atomic E-state index is 12.9. The number of fused-ring (bicyclic) bond motifs is 1. The van der Waals surface area contributed by atoms with Crippen molar-refractivity contribution >= 4 is 22.6 Å². The van der Waals surface area contributed by atoms with E-state index in [0.717, 1.165) is 17.5 Å². The van der Waals surface area contributed by atoms with Crippen molar-refractivity contribution in [1.82, 2.24) is 4.90 Å². The van der Waals surface area contributed by atoms with Gasteiger partial charge in [-0.1, -0.05) is 18.2 Å². The van der Waals surface area contributed by atoms with E-state index >= 15 is 0 Å². The van der Waals surface area contributed by atoms with Gasteiger partial charge in [-0.2, -0.15) is 13.2 Å². The van der Waals surface area contributed by atoms with Gasteiger partial charge in [0, 0.05) is 37.3 Å². The first-order chi connectivity index (χ1) is 13.9. The van der Waals surface area contributed by atoms with Crippen LogP contribution in [0.15, 0.2) is 52.9 Å². The molecule has 152 valence electrons. The topological polar surface area (TPSA) is 45.9 Å². The first-order valence-corrected chi connectivity index (χ1v) is 9.15. The molecule has 1 saturated heterocycles. The molecule has 0 N–H and O–H groups in total. The summed E-state index contributed by atoms with van der Waals surface area (Å²) in [5.74, 6) is 0.528. The third-order valence-electron chi connectivity index (χ3n) is 5.04. The lowest BCUT2D eigenvalue weighted by molar-refractivity contribution is -0.137. The molecule has 3 aromatic rings. The molecule has 8 heteroatoms. The van der Waals surface area contributed by atoms with Gasteiger partial charge in [0.25, 0.3) is 5.91 Å². The smallest absolute Gasteiger partial charge is 0.416 e. The Kier molecular flexibility index (Phi) is 4.86. The molecule has 0 bridgehead atoms. The molecule has 1 aromatic heterocycles. The minimum Gasteiger partial charge on any atom is -0.493 e. The maximum Gasteiger partial charge on any atom is 0.416 e. The van der Waals surface area contributed by atoms with Gasteiger partial charge in [-0.3, -0.25) is 4.79 Å². The lowest BCUT2D eigenvalue weighted by Gasteiger charge is -2.36. The van der Waals surface area contributed by atoms with Crippen LogP contribution in [0.3, 0.4) is 0 Å². The number of furan rings is 1. The van der Waals surface area contributed by atoms with Crippen molar-refractivity contribution < 1.29 is 27.1 Å². The molecule has 5 nitrogen and oxygen atoms in total. The molecule has 0 atom stereocenters. The lowest BCUT2D eigenvalue weighted by atomic mass is 10.1. The predicted octanol–water partition coefficient (Wildman–Crippen LogP) is 4.42. The van der Waals surface area contributed by atoms with E-state index in [4.69, 9.17) is 9.15 Å². The second-order valence-electron chi connectivity index (χ2n) is 6.82. The summed E-state index contributed by atoms with van der Waals surface area (Å²) in [6.45, 7) is 1.67. The van der Waals surface area contributed by atoms with Crippen molar-refractivity contribution in [2.45, 2.75) is 6.18 Å². The highest BCUT2D eigenvalue weighted by molar-refractivity contribution is 5.97. The summed E-state index contributed by atoms with van der Waals surface area (Å²) in [6, 6.07) is 12.3. The van der Waals surface area contributed by atoms with E-state index in [2.05, 4.69) is 0 Å². The number of hydrogen-bond donors (Lipinski definition) is 0. The van der Waals surface area contributed by atoms with Gasteiger partial charge < -0.3 is 19.0 Å². The summed E-state index contributed by atoms with van der Waals surface area (Å²) in [7, 11) is 1.53. The number of hydrogen-bond acceptors (Lipinski definition) is 4. The zero-order valence-electron chi connectivity index (χ0n) is 15.7. The number of rotatable bonds is 3. The molecular formula is C21H19F3N2O3. The van der Waals surface area contributed by atoms with Gasteiger partial charge in [0.15, 0.2) is 17.1 Å². The molecule has 0 aliphatic carbocycles. The number of carbonyl (C=O) groups is 1. The van der Waals surface area contributed by atoms with Crippen LogP contribution in [0.25, 0.3) is 11.0 Å². The van der Waals surface area contributed by atoms with Crippen LogP contribution in [0.2, 0.25) is 0 Å². The van der Waals surface area contributed by atoms with Crippen molar-refractivity contribution in [2.24, 2.45) is 0 Å². The van der Waals surface area contributed by atoms with Gasteiger partial charge in [-0.05, 0) is 30.3 Å². The van der Waals surface area contributed by atoms with E-state index in [1.54, 1.807) is 23.1 Å². The molecule has 0 radical (unpaired) electrons. The summed E-state index contributed by atoms with van der Waals surface area (Å²) < 4.78 is 49.8. The number of amides is 1. The number of alkyl halides is 3. The van der Waals surface area contributed by atoms with Gasteiger partial charge in [-0.25, -0.2) is 0 Å². The Hall–Kier alpha value is -3.16.